The summed E-state index contributed by atoms with van der Waals surface area (Å²) in [5.41, 5.74) is 0.586. The summed E-state index contributed by atoms with van der Waals surface area (Å²) in [6, 6.07) is 6.34. The number of carboxylic acids is 1. The number of carbonyl (C=O) groups excluding carboxylic acids is 1. The van der Waals surface area contributed by atoms with Gasteiger partial charge in [-0.1, -0.05) is 30.3 Å². The monoisotopic (exact) mass is 355 g/mol. The number of aliphatic carboxylic acids is 1. The number of benzene rings is 1. The minimum absolute atomic E-state index is 0.211. The molecule has 10 heteroatoms. The van der Waals surface area contributed by atoms with E-state index in [0.717, 1.165) is 0 Å². The normalized spacial score (nSPS) is 13.2. The zero-order valence-corrected chi connectivity index (χ0v) is 12.1. The van der Waals surface area contributed by atoms with Crippen molar-refractivity contribution in [2.45, 2.75) is 37.6 Å². The van der Waals surface area contributed by atoms with Crippen LogP contribution in [0.15, 0.2) is 30.3 Å². The van der Waals surface area contributed by atoms with Crippen molar-refractivity contribution in [3.8, 4) is 0 Å². The Kier molecular flexibility index (Phi) is 6.50. The van der Waals surface area contributed by atoms with E-state index in [2.05, 4.69) is 4.74 Å². The average molecular weight is 355 g/mol. The van der Waals surface area contributed by atoms with Crippen LogP contribution >= 0.6 is 0 Å². The van der Waals surface area contributed by atoms with Crippen LogP contribution in [0, 0.1) is 0 Å². The van der Waals surface area contributed by atoms with Gasteiger partial charge in [-0.25, -0.2) is 9.59 Å². The average Bonchev–Trinajstić information content (AvgIpc) is 2.49. The van der Waals surface area contributed by atoms with Gasteiger partial charge in [-0.2, -0.15) is 22.0 Å². The van der Waals surface area contributed by atoms with E-state index in [0.29, 0.717) is 5.56 Å². The van der Waals surface area contributed by atoms with Crippen molar-refractivity contribution < 1.29 is 41.4 Å². The van der Waals surface area contributed by atoms with Crippen LogP contribution in [0.4, 0.5) is 26.7 Å². The fraction of sp³-hybridized carbons (Fsp3) is 0.429. The molecule has 0 aliphatic carbocycles. The molecule has 1 rings (SSSR count). The highest BCUT2D eigenvalue weighted by Gasteiger charge is 2.57. The molecule has 0 aliphatic heterocycles. The SMILES string of the molecule is O=C(NC(CCC(F)(F)C(F)(F)F)C(=O)O)OCc1ccccc1. The summed E-state index contributed by atoms with van der Waals surface area (Å²) in [4.78, 5) is 22.3. The van der Waals surface area contributed by atoms with E-state index in [4.69, 9.17) is 5.11 Å². The molecule has 0 aliphatic rings. The maximum absolute atomic E-state index is 12.8. The number of hydrogen-bond donors (Lipinski definition) is 2. The molecule has 134 valence electrons. The summed E-state index contributed by atoms with van der Waals surface area (Å²) < 4.78 is 66.4. The Balaban J connectivity index is 2.54. The van der Waals surface area contributed by atoms with Crippen LogP contribution in [0.5, 0.6) is 0 Å². The minimum Gasteiger partial charge on any atom is -0.480 e. The molecule has 1 amide bonds. The van der Waals surface area contributed by atoms with Crippen LogP contribution in [0.25, 0.3) is 0 Å². The third kappa shape index (κ3) is 6.01. The van der Waals surface area contributed by atoms with E-state index < -0.39 is 43.0 Å². The molecule has 0 aromatic heterocycles. The van der Waals surface area contributed by atoms with Crippen LogP contribution in [0.3, 0.4) is 0 Å². The highest BCUT2D eigenvalue weighted by molar-refractivity contribution is 5.79. The van der Waals surface area contributed by atoms with Gasteiger partial charge >= 0.3 is 24.2 Å². The molecule has 5 nitrogen and oxygen atoms in total. The Morgan fingerprint density at radius 3 is 2.21 bits per heavy atom. The summed E-state index contributed by atoms with van der Waals surface area (Å²) in [5.74, 6) is -6.79. The van der Waals surface area contributed by atoms with E-state index in [-0.39, 0.29) is 6.61 Å². The number of hydrogen-bond acceptors (Lipinski definition) is 3. The lowest BCUT2D eigenvalue weighted by Crippen LogP contribution is -2.44. The topological polar surface area (TPSA) is 75.6 Å². The maximum atomic E-state index is 12.8. The predicted octanol–water partition coefficient (Wildman–Crippen LogP) is 3.34. The highest BCUT2D eigenvalue weighted by atomic mass is 19.4. The van der Waals surface area contributed by atoms with Gasteiger partial charge in [0.1, 0.15) is 12.6 Å². The van der Waals surface area contributed by atoms with Gasteiger partial charge in [0.15, 0.2) is 0 Å². The second-order valence-electron chi connectivity index (χ2n) is 4.84. The Labute approximate surface area is 133 Å². The predicted molar refractivity (Wildman–Crippen MR) is 71.4 cm³/mol. The number of alkyl halides is 5. The Bertz CT molecular complexity index is 562. The van der Waals surface area contributed by atoms with Crippen molar-refractivity contribution in [2.24, 2.45) is 0 Å². The molecule has 2 N–H and O–H groups in total. The van der Waals surface area contributed by atoms with Gasteiger partial charge in [0.05, 0.1) is 0 Å². The van der Waals surface area contributed by atoms with Crippen LogP contribution in [0.1, 0.15) is 18.4 Å². The molecule has 1 unspecified atom stereocenters. The molecule has 0 spiro atoms. The van der Waals surface area contributed by atoms with E-state index >= 15 is 0 Å². The Hall–Kier alpha value is -2.39. The first-order valence-electron chi connectivity index (χ1n) is 6.67. The molecule has 0 radical (unpaired) electrons. The smallest absolute Gasteiger partial charge is 0.453 e. The number of alkyl carbamates (subject to hydrolysis) is 1. The van der Waals surface area contributed by atoms with E-state index in [1.54, 1.807) is 35.6 Å². The fourth-order valence-electron chi connectivity index (χ4n) is 1.63. The van der Waals surface area contributed by atoms with Gasteiger partial charge in [-0.3, -0.25) is 0 Å². The molecule has 1 aromatic carbocycles. The van der Waals surface area contributed by atoms with E-state index in [9.17, 15) is 31.5 Å². The quantitative estimate of drug-likeness (QED) is 0.736. The third-order valence-electron chi connectivity index (χ3n) is 2.96. The number of amides is 1. The lowest BCUT2D eigenvalue weighted by molar-refractivity contribution is -0.284. The van der Waals surface area contributed by atoms with Crippen molar-refractivity contribution in [3.63, 3.8) is 0 Å². The van der Waals surface area contributed by atoms with Crippen LogP contribution in [-0.4, -0.2) is 35.3 Å². The Morgan fingerprint density at radius 1 is 1.12 bits per heavy atom. The van der Waals surface area contributed by atoms with Crippen molar-refractivity contribution in [3.05, 3.63) is 35.9 Å². The molecule has 1 atom stereocenters. The number of carboxylic acid groups (broad SMARTS) is 1. The summed E-state index contributed by atoms with van der Waals surface area (Å²) in [6.45, 7) is -0.211. The summed E-state index contributed by atoms with van der Waals surface area (Å²) >= 11 is 0. The van der Waals surface area contributed by atoms with Gasteiger partial charge in [0.25, 0.3) is 0 Å². The van der Waals surface area contributed by atoms with Crippen LogP contribution in [-0.2, 0) is 16.1 Å². The van der Waals surface area contributed by atoms with E-state index in [1.165, 1.54) is 0 Å². The fourth-order valence-corrected chi connectivity index (χ4v) is 1.63. The van der Waals surface area contributed by atoms with Gasteiger partial charge in [0.2, 0.25) is 0 Å². The maximum Gasteiger partial charge on any atom is 0.453 e. The molecule has 24 heavy (non-hydrogen) atoms. The summed E-state index contributed by atoms with van der Waals surface area (Å²) in [6.07, 6.45) is -9.90. The van der Waals surface area contributed by atoms with Crippen LogP contribution in [0.2, 0.25) is 0 Å². The first kappa shape index (κ1) is 19.7. The van der Waals surface area contributed by atoms with Gasteiger partial charge in [0, 0.05) is 6.42 Å². The molecule has 1 aromatic rings. The van der Waals surface area contributed by atoms with Gasteiger partial charge < -0.3 is 15.2 Å². The lowest BCUT2D eigenvalue weighted by Gasteiger charge is -2.21. The number of halogens is 5. The molecule has 0 fully saturated rings. The zero-order chi connectivity index (χ0) is 18.4. The summed E-state index contributed by atoms with van der Waals surface area (Å²) in [7, 11) is 0. The molecule has 0 heterocycles. The zero-order valence-electron chi connectivity index (χ0n) is 12.1. The second-order valence-corrected chi connectivity index (χ2v) is 4.84. The van der Waals surface area contributed by atoms with E-state index in [1.807, 2.05) is 0 Å². The summed E-state index contributed by atoms with van der Waals surface area (Å²) in [5, 5.41) is 10.6. The van der Waals surface area contributed by atoms with Crippen molar-refractivity contribution in [1.82, 2.24) is 5.32 Å². The first-order chi connectivity index (χ1) is 11.0. The van der Waals surface area contributed by atoms with Gasteiger partial charge in [-0.15, -0.1) is 0 Å². The molecule has 0 bridgehead atoms. The molecular weight excluding hydrogens is 341 g/mol. The highest BCUT2D eigenvalue weighted by Crippen LogP contribution is 2.39. The second kappa shape index (κ2) is 7.93. The molecule has 0 saturated carbocycles. The number of rotatable bonds is 7. The number of carbonyl (C=O) groups is 2. The molecular formula is C14H14F5NO4. The minimum atomic E-state index is -5.79. The van der Waals surface area contributed by atoms with Gasteiger partial charge in [-0.05, 0) is 12.0 Å². The van der Waals surface area contributed by atoms with Crippen molar-refractivity contribution >= 4 is 12.1 Å². The van der Waals surface area contributed by atoms with Crippen molar-refractivity contribution in [1.29, 1.82) is 0 Å². The standard InChI is InChI=1S/C14H14F5NO4/c15-13(16,14(17,18)19)7-6-10(11(21)22)20-12(23)24-8-9-4-2-1-3-5-9/h1-5,10H,6-8H2,(H,20,23)(H,21,22). The Morgan fingerprint density at radius 2 is 1.71 bits per heavy atom. The lowest BCUT2D eigenvalue weighted by atomic mass is 10.1. The van der Waals surface area contributed by atoms with Crippen molar-refractivity contribution in [2.75, 3.05) is 0 Å². The molecule has 0 saturated heterocycles. The first-order valence-corrected chi connectivity index (χ1v) is 6.67. The largest absolute Gasteiger partial charge is 0.480 e. The number of ether oxygens (including phenoxy) is 1. The van der Waals surface area contributed by atoms with Crippen LogP contribution < -0.4 is 5.32 Å². The third-order valence-corrected chi connectivity index (χ3v) is 2.96. The number of nitrogens with one attached hydrogen (secondary N) is 1.